The van der Waals surface area contributed by atoms with Crippen molar-refractivity contribution in [3.05, 3.63) is 24.0 Å². The number of aromatic nitrogens is 2. The van der Waals surface area contributed by atoms with Crippen LogP contribution in [-0.4, -0.2) is 19.4 Å². The Bertz CT molecular complexity index is 587. The number of rotatable bonds is 3. The van der Waals surface area contributed by atoms with E-state index in [0.717, 1.165) is 35.4 Å². The topological polar surface area (TPSA) is 71.8 Å². The first-order valence-electron chi connectivity index (χ1n) is 6.34. The molecule has 0 saturated heterocycles. The highest BCUT2D eigenvalue weighted by atomic mass is 32.2. The van der Waals surface area contributed by atoms with Crippen LogP contribution >= 0.6 is 0 Å². The lowest BCUT2D eigenvalue weighted by Gasteiger charge is -2.06. The van der Waals surface area contributed by atoms with Crippen LogP contribution in [0.5, 0.6) is 0 Å². The lowest BCUT2D eigenvalue weighted by molar-refractivity contribution is 0.667. The number of anilines is 1. The molecule has 0 radical (unpaired) electrons. The molecule has 3 N–H and O–H groups in total. The Labute approximate surface area is 108 Å². The maximum absolute atomic E-state index is 12.2. The summed E-state index contributed by atoms with van der Waals surface area (Å²) >= 11 is 0. The summed E-state index contributed by atoms with van der Waals surface area (Å²) in [6.07, 6.45) is 4.62. The SMILES string of the molecule is Nc1ccc2nc(CS(=O)C3CCCC3)[nH]c2c1. The van der Waals surface area contributed by atoms with E-state index in [4.69, 9.17) is 5.73 Å². The van der Waals surface area contributed by atoms with Gasteiger partial charge in [0.1, 0.15) is 5.82 Å². The van der Waals surface area contributed by atoms with E-state index in [0.29, 0.717) is 11.0 Å². The van der Waals surface area contributed by atoms with E-state index in [1.807, 2.05) is 18.2 Å². The van der Waals surface area contributed by atoms with Crippen molar-refractivity contribution in [1.29, 1.82) is 0 Å². The number of nitrogen functional groups attached to an aromatic ring is 1. The van der Waals surface area contributed by atoms with Crippen LogP contribution in [-0.2, 0) is 16.6 Å². The van der Waals surface area contributed by atoms with Gasteiger partial charge in [0.25, 0.3) is 0 Å². The first-order valence-corrected chi connectivity index (χ1v) is 7.72. The summed E-state index contributed by atoms with van der Waals surface area (Å²) in [6, 6.07) is 5.59. The van der Waals surface area contributed by atoms with Crippen LogP contribution in [0.2, 0.25) is 0 Å². The van der Waals surface area contributed by atoms with Crippen LogP contribution in [0.15, 0.2) is 18.2 Å². The molecule has 1 aromatic heterocycles. The largest absolute Gasteiger partial charge is 0.399 e. The minimum atomic E-state index is -0.803. The smallest absolute Gasteiger partial charge is 0.119 e. The molecule has 0 amide bonds. The number of nitrogens with two attached hydrogens (primary N) is 1. The molecule has 1 aliphatic rings. The van der Waals surface area contributed by atoms with Gasteiger partial charge in [-0.15, -0.1) is 0 Å². The monoisotopic (exact) mass is 263 g/mol. The van der Waals surface area contributed by atoms with Crippen LogP contribution < -0.4 is 5.73 Å². The average Bonchev–Trinajstić information content (AvgIpc) is 2.95. The summed E-state index contributed by atoms with van der Waals surface area (Å²) in [5, 5.41) is 0.364. The number of fused-ring (bicyclic) bond motifs is 1. The fourth-order valence-corrected chi connectivity index (χ4v) is 4.05. The predicted octanol–water partition coefficient (Wildman–Crippen LogP) is 2.34. The van der Waals surface area contributed by atoms with E-state index in [1.165, 1.54) is 12.8 Å². The molecule has 0 aliphatic heterocycles. The zero-order valence-corrected chi connectivity index (χ0v) is 11.0. The van der Waals surface area contributed by atoms with E-state index in [9.17, 15) is 4.21 Å². The maximum Gasteiger partial charge on any atom is 0.119 e. The maximum atomic E-state index is 12.2. The van der Waals surface area contributed by atoms with E-state index in [1.54, 1.807) is 0 Å². The van der Waals surface area contributed by atoms with Gasteiger partial charge in [-0.25, -0.2) is 4.98 Å². The number of aromatic amines is 1. The van der Waals surface area contributed by atoms with Crippen molar-refractivity contribution < 1.29 is 4.21 Å². The number of benzene rings is 1. The Kier molecular flexibility index (Phi) is 3.07. The van der Waals surface area contributed by atoms with Gasteiger partial charge >= 0.3 is 0 Å². The Morgan fingerprint density at radius 3 is 2.94 bits per heavy atom. The normalized spacial score (nSPS) is 18.4. The summed E-state index contributed by atoms with van der Waals surface area (Å²) in [6.45, 7) is 0. The van der Waals surface area contributed by atoms with E-state index in [-0.39, 0.29) is 0 Å². The third-order valence-electron chi connectivity index (χ3n) is 3.51. The molecule has 0 bridgehead atoms. The summed E-state index contributed by atoms with van der Waals surface area (Å²) in [5.74, 6) is 1.33. The second kappa shape index (κ2) is 4.72. The third kappa shape index (κ3) is 2.27. The number of imidazole rings is 1. The molecular formula is C13H17N3OS. The molecule has 96 valence electrons. The van der Waals surface area contributed by atoms with Crippen LogP contribution in [0.3, 0.4) is 0 Å². The van der Waals surface area contributed by atoms with Crippen molar-refractivity contribution in [1.82, 2.24) is 9.97 Å². The third-order valence-corrected chi connectivity index (χ3v) is 5.28. The van der Waals surface area contributed by atoms with Gasteiger partial charge in [-0.05, 0) is 31.0 Å². The van der Waals surface area contributed by atoms with Crippen LogP contribution in [0, 0.1) is 0 Å². The number of hydrogen-bond donors (Lipinski definition) is 2. The minimum Gasteiger partial charge on any atom is -0.399 e. The highest BCUT2D eigenvalue weighted by molar-refractivity contribution is 7.84. The molecule has 1 heterocycles. The molecule has 2 aromatic rings. The van der Waals surface area contributed by atoms with Gasteiger partial charge in [-0.2, -0.15) is 0 Å². The van der Waals surface area contributed by atoms with Gasteiger partial charge in [-0.3, -0.25) is 4.21 Å². The number of hydrogen-bond acceptors (Lipinski definition) is 3. The summed E-state index contributed by atoms with van der Waals surface area (Å²) < 4.78 is 12.2. The first-order chi connectivity index (χ1) is 8.72. The molecule has 1 aromatic carbocycles. The number of nitrogens with one attached hydrogen (secondary N) is 1. The van der Waals surface area contributed by atoms with Gasteiger partial charge in [0.15, 0.2) is 0 Å². The Morgan fingerprint density at radius 1 is 1.39 bits per heavy atom. The van der Waals surface area contributed by atoms with Crippen molar-refractivity contribution in [3.8, 4) is 0 Å². The standard InChI is InChI=1S/C13H17N3OS/c14-9-5-6-11-12(7-9)16-13(15-11)8-18(17)10-3-1-2-4-10/h5-7,10H,1-4,8,14H2,(H,15,16). The van der Waals surface area contributed by atoms with E-state index < -0.39 is 10.8 Å². The van der Waals surface area contributed by atoms with Gasteiger partial charge in [-0.1, -0.05) is 12.8 Å². The summed E-state index contributed by atoms with van der Waals surface area (Å²) in [7, 11) is -0.803. The summed E-state index contributed by atoms with van der Waals surface area (Å²) in [4.78, 5) is 7.67. The highest BCUT2D eigenvalue weighted by Gasteiger charge is 2.22. The van der Waals surface area contributed by atoms with Crippen molar-refractivity contribution >= 4 is 27.5 Å². The van der Waals surface area contributed by atoms with Crippen LogP contribution in [0.25, 0.3) is 11.0 Å². The Hall–Kier alpha value is -1.36. The molecule has 1 atom stereocenters. The Balaban J connectivity index is 1.79. The van der Waals surface area contributed by atoms with Crippen LogP contribution in [0.1, 0.15) is 31.5 Å². The lowest BCUT2D eigenvalue weighted by Crippen LogP contribution is -2.12. The highest BCUT2D eigenvalue weighted by Crippen LogP contribution is 2.24. The molecule has 1 saturated carbocycles. The Morgan fingerprint density at radius 2 is 2.17 bits per heavy atom. The van der Waals surface area contributed by atoms with E-state index in [2.05, 4.69) is 9.97 Å². The molecule has 1 unspecified atom stereocenters. The minimum absolute atomic E-state index is 0.364. The zero-order valence-electron chi connectivity index (χ0n) is 10.2. The molecule has 1 aliphatic carbocycles. The second-order valence-corrected chi connectivity index (χ2v) is 6.61. The quantitative estimate of drug-likeness (QED) is 0.835. The van der Waals surface area contributed by atoms with E-state index >= 15 is 0 Å². The molecule has 0 spiro atoms. The van der Waals surface area contributed by atoms with Gasteiger partial charge in [0, 0.05) is 21.7 Å². The van der Waals surface area contributed by atoms with Crippen molar-refractivity contribution in [2.45, 2.75) is 36.7 Å². The van der Waals surface area contributed by atoms with Crippen molar-refractivity contribution in [2.75, 3.05) is 5.73 Å². The molecule has 3 rings (SSSR count). The van der Waals surface area contributed by atoms with Crippen molar-refractivity contribution in [3.63, 3.8) is 0 Å². The molecule has 18 heavy (non-hydrogen) atoms. The number of nitrogens with zero attached hydrogens (tertiary/aromatic N) is 1. The van der Waals surface area contributed by atoms with Gasteiger partial charge in [0.2, 0.25) is 0 Å². The molecule has 4 nitrogen and oxygen atoms in total. The van der Waals surface area contributed by atoms with Gasteiger partial charge in [0.05, 0.1) is 16.8 Å². The average molecular weight is 263 g/mol. The lowest BCUT2D eigenvalue weighted by atomic mass is 10.3. The zero-order chi connectivity index (χ0) is 12.5. The number of H-pyrrole nitrogens is 1. The summed E-state index contributed by atoms with van der Waals surface area (Å²) in [5.41, 5.74) is 8.26. The predicted molar refractivity (Wildman–Crippen MR) is 74.6 cm³/mol. The molecule has 5 heteroatoms. The fraction of sp³-hybridized carbons (Fsp3) is 0.462. The first kappa shape index (κ1) is 11.7. The van der Waals surface area contributed by atoms with Gasteiger partial charge < -0.3 is 10.7 Å². The fourth-order valence-electron chi connectivity index (χ4n) is 2.55. The molecular weight excluding hydrogens is 246 g/mol. The molecule has 1 fully saturated rings. The second-order valence-electron chi connectivity index (χ2n) is 4.89. The van der Waals surface area contributed by atoms with Crippen LogP contribution in [0.4, 0.5) is 5.69 Å². The van der Waals surface area contributed by atoms with Crippen molar-refractivity contribution in [2.24, 2.45) is 0 Å².